The molecular formula is C43H33NOS. The van der Waals surface area contributed by atoms with Gasteiger partial charge in [-0.1, -0.05) is 135 Å². The van der Waals surface area contributed by atoms with Crippen LogP contribution in [0.25, 0.3) is 32.8 Å². The number of rotatable bonds is 6. The zero-order chi connectivity index (χ0) is 31.3. The van der Waals surface area contributed by atoms with Gasteiger partial charge in [0.2, 0.25) is 0 Å². The summed E-state index contributed by atoms with van der Waals surface area (Å²) >= 11 is 1.77. The normalized spacial score (nSPS) is 17.1. The van der Waals surface area contributed by atoms with E-state index in [4.69, 9.17) is 11.3 Å². The van der Waals surface area contributed by atoms with Crippen LogP contribution < -0.4 is 4.74 Å². The van der Waals surface area contributed by atoms with Gasteiger partial charge in [-0.05, 0) is 70.8 Å². The third kappa shape index (κ3) is 4.17. The molecule has 6 aromatic carbocycles. The van der Waals surface area contributed by atoms with Crippen molar-refractivity contribution in [1.29, 1.82) is 0 Å². The quantitative estimate of drug-likeness (QED) is 0.174. The molecule has 0 aromatic heterocycles. The minimum atomic E-state index is -0.801. The molecule has 3 heteroatoms. The zero-order valence-electron chi connectivity index (χ0n) is 26.0. The summed E-state index contributed by atoms with van der Waals surface area (Å²) in [6, 6.07) is 44.9. The molecule has 0 radical (unpaired) electrons. The Morgan fingerprint density at radius 2 is 1.33 bits per heavy atom. The van der Waals surface area contributed by atoms with Crippen LogP contribution in [-0.4, -0.2) is 0 Å². The molecular weight excluding hydrogens is 579 g/mol. The molecule has 1 heterocycles. The van der Waals surface area contributed by atoms with Crippen LogP contribution in [0.4, 0.5) is 5.69 Å². The molecule has 0 amide bonds. The van der Waals surface area contributed by atoms with Crippen LogP contribution >= 0.6 is 11.8 Å². The summed E-state index contributed by atoms with van der Waals surface area (Å²) in [4.78, 5) is 6.23. The summed E-state index contributed by atoms with van der Waals surface area (Å²) < 4.78 is 7.47. The van der Waals surface area contributed by atoms with Crippen molar-refractivity contribution < 1.29 is 4.74 Å². The fraction of sp³-hybridized carbons (Fsp3) is 0.140. The van der Waals surface area contributed by atoms with E-state index < -0.39 is 5.60 Å². The zero-order valence-corrected chi connectivity index (χ0v) is 26.8. The Labute approximate surface area is 275 Å². The molecule has 6 aromatic rings. The first-order valence-corrected chi connectivity index (χ1v) is 16.8. The van der Waals surface area contributed by atoms with E-state index in [0.29, 0.717) is 5.69 Å². The maximum absolute atomic E-state index is 7.76. The first-order chi connectivity index (χ1) is 22.6. The summed E-state index contributed by atoms with van der Waals surface area (Å²) in [5.41, 5.74) is 8.13. The smallest absolute Gasteiger partial charge is 0.187 e. The molecule has 0 saturated carbocycles. The van der Waals surface area contributed by atoms with Crippen LogP contribution in [0.3, 0.4) is 0 Å². The lowest BCUT2D eigenvalue weighted by atomic mass is 9.71. The molecule has 1 atom stereocenters. The predicted octanol–water partition coefficient (Wildman–Crippen LogP) is 12.0. The fourth-order valence-corrected chi connectivity index (χ4v) is 8.60. The highest BCUT2D eigenvalue weighted by molar-refractivity contribution is 7.99. The highest BCUT2D eigenvalue weighted by Crippen LogP contribution is 2.60. The number of hydrogen-bond acceptors (Lipinski definition) is 2. The molecule has 2 aliphatic rings. The Bertz CT molecular complexity index is 2170. The van der Waals surface area contributed by atoms with Gasteiger partial charge in [0.05, 0.1) is 6.57 Å². The number of nitrogens with zero attached hydrogens (tertiary/aromatic N) is 1. The largest absolute Gasteiger partial charge is 0.472 e. The minimum Gasteiger partial charge on any atom is -0.472 e. The Balaban J connectivity index is 1.35. The molecule has 1 aliphatic heterocycles. The second-order valence-electron chi connectivity index (χ2n) is 12.1. The van der Waals surface area contributed by atoms with Crippen LogP contribution in [0.15, 0.2) is 143 Å². The summed E-state index contributed by atoms with van der Waals surface area (Å²) in [6.07, 6.45) is 6.47. The van der Waals surface area contributed by atoms with Gasteiger partial charge in [-0.2, -0.15) is 0 Å². The van der Waals surface area contributed by atoms with Crippen LogP contribution in [0, 0.1) is 6.57 Å². The first kappa shape index (κ1) is 28.4. The van der Waals surface area contributed by atoms with Crippen molar-refractivity contribution in [2.24, 2.45) is 0 Å². The van der Waals surface area contributed by atoms with Crippen LogP contribution in [0.2, 0.25) is 0 Å². The molecule has 222 valence electrons. The van der Waals surface area contributed by atoms with E-state index in [2.05, 4.69) is 152 Å². The third-order valence-corrected chi connectivity index (χ3v) is 11.0. The Morgan fingerprint density at radius 3 is 2.02 bits per heavy atom. The van der Waals surface area contributed by atoms with Crippen molar-refractivity contribution in [3.8, 4) is 16.9 Å². The molecule has 1 unspecified atom stereocenters. The predicted molar refractivity (Wildman–Crippen MR) is 191 cm³/mol. The molecule has 0 spiro atoms. The van der Waals surface area contributed by atoms with E-state index in [0.717, 1.165) is 40.7 Å². The average molecular weight is 612 g/mol. The molecule has 0 saturated heterocycles. The van der Waals surface area contributed by atoms with Crippen LogP contribution in [0.5, 0.6) is 5.75 Å². The highest BCUT2D eigenvalue weighted by Gasteiger charge is 2.46. The molecule has 0 fully saturated rings. The van der Waals surface area contributed by atoms with Gasteiger partial charge in [-0.15, -0.1) is 0 Å². The van der Waals surface area contributed by atoms with Gasteiger partial charge in [-0.3, -0.25) is 0 Å². The molecule has 1 aliphatic carbocycles. The molecule has 46 heavy (non-hydrogen) atoms. The molecule has 8 rings (SSSR count). The number of benzene rings is 6. The monoisotopic (exact) mass is 611 g/mol. The number of ether oxygens (including phenoxy) is 1. The van der Waals surface area contributed by atoms with E-state index in [1.165, 1.54) is 37.4 Å². The lowest BCUT2D eigenvalue weighted by Gasteiger charge is -2.39. The molecule has 0 bridgehead atoms. The van der Waals surface area contributed by atoms with E-state index >= 15 is 0 Å². The van der Waals surface area contributed by atoms with Gasteiger partial charge in [0.15, 0.2) is 11.3 Å². The van der Waals surface area contributed by atoms with E-state index in [1.54, 1.807) is 11.8 Å². The van der Waals surface area contributed by atoms with Crippen molar-refractivity contribution in [2.75, 3.05) is 0 Å². The van der Waals surface area contributed by atoms with Gasteiger partial charge in [-0.25, -0.2) is 4.85 Å². The lowest BCUT2D eigenvalue weighted by molar-refractivity contribution is 0.163. The third-order valence-electron chi connectivity index (χ3n) is 10.0. The fourth-order valence-electron chi connectivity index (χ4n) is 7.76. The first-order valence-electron chi connectivity index (χ1n) is 16.0. The maximum Gasteiger partial charge on any atom is 0.187 e. The van der Waals surface area contributed by atoms with Gasteiger partial charge in [0.25, 0.3) is 0 Å². The summed E-state index contributed by atoms with van der Waals surface area (Å²) in [7, 11) is 0. The summed E-state index contributed by atoms with van der Waals surface area (Å²) in [6.45, 7) is 12.3. The Kier molecular flexibility index (Phi) is 6.85. The van der Waals surface area contributed by atoms with Crippen molar-refractivity contribution >= 4 is 34.3 Å². The van der Waals surface area contributed by atoms with E-state index in [9.17, 15) is 0 Å². The number of fused-ring (bicyclic) bond motifs is 8. The topological polar surface area (TPSA) is 13.6 Å². The summed E-state index contributed by atoms with van der Waals surface area (Å²) in [5, 5.41) is 2.31. The van der Waals surface area contributed by atoms with Crippen LogP contribution in [-0.2, 0) is 11.0 Å². The Hall–Kier alpha value is -5.04. The maximum atomic E-state index is 7.76. The highest BCUT2D eigenvalue weighted by atomic mass is 32.2. The van der Waals surface area contributed by atoms with Gasteiger partial charge >= 0.3 is 0 Å². The van der Waals surface area contributed by atoms with Gasteiger partial charge in [0.1, 0.15) is 5.75 Å². The van der Waals surface area contributed by atoms with Crippen molar-refractivity contribution in [2.45, 2.75) is 47.5 Å². The van der Waals surface area contributed by atoms with Crippen molar-refractivity contribution in [3.05, 3.63) is 173 Å². The minimum absolute atomic E-state index is 0.212. The van der Waals surface area contributed by atoms with E-state index in [-0.39, 0.29) is 5.41 Å². The second kappa shape index (κ2) is 11.1. The molecule has 2 nitrogen and oxygen atoms in total. The van der Waals surface area contributed by atoms with Crippen LogP contribution in [0.1, 0.15) is 54.5 Å². The van der Waals surface area contributed by atoms with E-state index in [1.807, 2.05) is 6.07 Å². The molecule has 0 N–H and O–H groups in total. The van der Waals surface area contributed by atoms with Crippen molar-refractivity contribution in [1.82, 2.24) is 0 Å². The average Bonchev–Trinajstić information content (AvgIpc) is 3.42. The summed E-state index contributed by atoms with van der Waals surface area (Å²) in [5.74, 6) is 0.924. The van der Waals surface area contributed by atoms with Gasteiger partial charge in [0, 0.05) is 37.3 Å². The standard InChI is InChI=1S/C43H33NOS/c1-4-42(5-2)38-28-31(44-3)22-25-36(38)39-34-18-12-13-19-35(34)41-37(40(39)42)26-27-43(45-41,29-14-8-6-9-15-29)30-20-23-33(24-21-30)46-32-16-10-7-11-17-32/h6-28H,4-5H2,1-2H3. The van der Waals surface area contributed by atoms with Crippen molar-refractivity contribution in [3.63, 3.8) is 0 Å². The SMILES string of the molecule is [C-]#[N+]c1ccc2c(c1)C(CC)(CC)c1c3c(c4ccccc4c1-2)OC(c1ccccc1)(c1ccc(Sc2ccccc2)cc1)C=C3. The van der Waals surface area contributed by atoms with Gasteiger partial charge < -0.3 is 4.74 Å². The lowest BCUT2D eigenvalue weighted by Crippen LogP contribution is -2.35. The number of hydrogen-bond donors (Lipinski definition) is 0. The second-order valence-corrected chi connectivity index (χ2v) is 13.3. The Morgan fingerprint density at radius 1 is 0.696 bits per heavy atom.